The molecule has 0 saturated carbocycles. The molecule has 162 valence electrons. The number of ether oxygens (including phenoxy) is 3. The van der Waals surface area contributed by atoms with E-state index in [-0.39, 0.29) is 30.7 Å². The predicted molar refractivity (Wildman–Crippen MR) is 104 cm³/mol. The molecule has 5 unspecified atom stereocenters. The average Bonchev–Trinajstić information content (AvgIpc) is 3.14. The Bertz CT molecular complexity index is 725. The second-order valence-corrected chi connectivity index (χ2v) is 10.2. The zero-order valence-corrected chi connectivity index (χ0v) is 18.4. The summed E-state index contributed by atoms with van der Waals surface area (Å²) in [6, 6.07) is 5.77. The second-order valence-electron chi connectivity index (χ2n) is 7.52. The molecule has 1 aromatic rings. The van der Waals surface area contributed by atoms with Crippen LogP contribution in [0.15, 0.2) is 24.3 Å². The third-order valence-electron chi connectivity index (χ3n) is 5.06. The Labute approximate surface area is 179 Å². The van der Waals surface area contributed by atoms with Crippen molar-refractivity contribution in [2.24, 2.45) is 0 Å². The number of halogens is 3. The van der Waals surface area contributed by atoms with Gasteiger partial charge in [-0.1, -0.05) is 12.1 Å². The van der Waals surface area contributed by atoms with Crippen molar-refractivity contribution in [3.05, 3.63) is 35.6 Å². The Morgan fingerprint density at radius 2 is 1.69 bits per heavy atom. The molecule has 0 spiro atoms. The Kier molecular flexibility index (Phi) is 6.42. The van der Waals surface area contributed by atoms with E-state index in [9.17, 15) is 9.28 Å². The summed E-state index contributed by atoms with van der Waals surface area (Å²) in [6.45, 7) is 4.06. The number of hydrogen-bond donors (Lipinski definition) is 0. The smallest absolute Gasteiger partial charge is 0.316 e. The summed E-state index contributed by atoms with van der Waals surface area (Å²) in [5.41, 5.74) is 0.612. The van der Waals surface area contributed by atoms with Crippen LogP contribution in [0.4, 0.5) is 4.39 Å². The van der Waals surface area contributed by atoms with Crippen molar-refractivity contribution < 1.29 is 32.5 Å². The van der Waals surface area contributed by atoms with E-state index in [4.69, 9.17) is 46.5 Å². The maximum atomic E-state index is 13.8. The van der Waals surface area contributed by atoms with Gasteiger partial charge in [0.15, 0.2) is 24.3 Å². The van der Waals surface area contributed by atoms with Gasteiger partial charge in [0.1, 0.15) is 18.0 Å². The van der Waals surface area contributed by atoms with Gasteiger partial charge in [-0.25, -0.2) is 4.39 Å². The lowest BCUT2D eigenvalue weighted by Gasteiger charge is -2.45. The van der Waals surface area contributed by atoms with Crippen LogP contribution < -0.4 is 4.89 Å². The standard InChI is InChI=1S/C18H23Cl2FNO6P/c1-18(2)25-16-15-14(24-17(16)26-18)13(11-3-5-12(21)6-4-11)27-29(23,28-15)22(9-7-19)10-8-20/h3-6,13-17H,7-10H2,1-2H3/t13-,14?,15?,16?,17?,29?/m1/s1. The van der Waals surface area contributed by atoms with Crippen LogP contribution in [0.3, 0.4) is 0 Å². The molecule has 11 heteroatoms. The number of hydrogen-bond acceptors (Lipinski definition) is 7. The van der Waals surface area contributed by atoms with Gasteiger partial charge in [0.25, 0.3) is 0 Å². The van der Waals surface area contributed by atoms with E-state index in [2.05, 4.69) is 0 Å². The van der Waals surface area contributed by atoms with Crippen molar-refractivity contribution in [2.45, 2.75) is 50.3 Å². The molecule has 3 heterocycles. The first kappa shape index (κ1) is 22.1. The van der Waals surface area contributed by atoms with E-state index in [0.717, 1.165) is 0 Å². The molecule has 0 aromatic heterocycles. The van der Waals surface area contributed by atoms with Gasteiger partial charge < -0.3 is 19.1 Å². The maximum absolute atomic E-state index is 13.8. The average molecular weight is 470 g/mol. The molecule has 4 rings (SSSR count). The molecule has 0 N–H and O–H groups in total. The summed E-state index contributed by atoms with van der Waals surface area (Å²) in [4.78, 5) is 13.8. The number of fused-ring (bicyclic) bond motifs is 3. The molecule has 3 saturated heterocycles. The third kappa shape index (κ3) is 4.30. The van der Waals surface area contributed by atoms with Crippen LogP contribution in [-0.2, 0) is 23.3 Å². The molecule has 0 radical (unpaired) electrons. The first-order chi connectivity index (χ1) is 13.8. The van der Waals surface area contributed by atoms with Crippen molar-refractivity contribution >= 4 is 31.3 Å². The Balaban J connectivity index is 1.68. The fourth-order valence-electron chi connectivity index (χ4n) is 3.84. The highest BCUT2D eigenvalue weighted by Gasteiger charge is 2.65. The molecule has 3 aliphatic rings. The molecule has 29 heavy (non-hydrogen) atoms. The summed E-state index contributed by atoms with van der Waals surface area (Å²) in [6.07, 6.45) is -3.38. The predicted octanol–water partition coefficient (Wildman–Crippen LogP) is 2.98. The van der Waals surface area contributed by atoms with Gasteiger partial charge in [0.2, 0.25) is 0 Å². The lowest BCUT2D eigenvalue weighted by molar-refractivity contribution is -0.281. The monoisotopic (exact) mass is 469 g/mol. The minimum atomic E-state index is -3.80. The summed E-state index contributed by atoms with van der Waals surface area (Å²) in [5, 5.41) is 0. The fraction of sp³-hybridized carbons (Fsp3) is 0.667. The van der Waals surface area contributed by atoms with Crippen LogP contribution in [0, 0.1) is 5.82 Å². The molecular formula is C18H23Cl2FNO6P. The van der Waals surface area contributed by atoms with Gasteiger partial charge in [-0.3, -0.25) is 0 Å². The Hall–Kier alpha value is -0.120. The van der Waals surface area contributed by atoms with E-state index < -0.39 is 44.6 Å². The molecule has 0 amide bonds. The van der Waals surface area contributed by atoms with E-state index >= 15 is 0 Å². The van der Waals surface area contributed by atoms with Crippen molar-refractivity contribution in [3.63, 3.8) is 0 Å². The second kappa shape index (κ2) is 8.43. The van der Waals surface area contributed by atoms with Gasteiger partial charge in [-0.15, -0.1) is 27.9 Å². The third-order valence-corrected chi connectivity index (χ3v) is 7.49. The zero-order valence-electron chi connectivity index (χ0n) is 16.0. The highest BCUT2D eigenvalue weighted by molar-refractivity contribution is 7.56. The normalized spacial score (nSPS) is 38.2. The first-order valence-electron chi connectivity index (χ1n) is 9.37. The zero-order chi connectivity index (χ0) is 20.8. The van der Waals surface area contributed by atoms with Gasteiger partial charge in [0.05, 0.1) is 13.1 Å². The van der Waals surface area contributed by atoms with E-state index in [1.165, 1.54) is 16.8 Å². The van der Waals surface area contributed by atoms with Gasteiger partial charge in [-0.2, -0.15) is 9.05 Å². The van der Waals surface area contributed by atoms with Crippen LogP contribution in [0.25, 0.3) is 0 Å². The summed E-state index contributed by atoms with van der Waals surface area (Å²) in [5.74, 6) is -0.802. The van der Waals surface area contributed by atoms with Crippen molar-refractivity contribution in [1.29, 1.82) is 0 Å². The van der Waals surface area contributed by atoms with E-state index in [0.29, 0.717) is 5.56 Å². The van der Waals surface area contributed by atoms with Crippen molar-refractivity contribution in [1.82, 2.24) is 4.67 Å². The highest BCUT2D eigenvalue weighted by Crippen LogP contribution is 2.66. The number of nitrogens with zero attached hydrogens (tertiary/aromatic N) is 1. The maximum Gasteiger partial charge on any atom is 0.316 e. The topological polar surface area (TPSA) is 72.5 Å². The van der Waals surface area contributed by atoms with Crippen LogP contribution in [-0.4, -0.2) is 59.9 Å². The largest absolute Gasteiger partial charge is 0.616 e. The lowest BCUT2D eigenvalue weighted by atomic mass is 9.99. The molecule has 3 aliphatic heterocycles. The summed E-state index contributed by atoms with van der Waals surface area (Å²) >= 11 is 11.8. The summed E-state index contributed by atoms with van der Waals surface area (Å²) in [7, 11) is -3.80. The lowest BCUT2D eigenvalue weighted by Crippen LogP contribution is -2.50. The van der Waals surface area contributed by atoms with Crippen LogP contribution in [0.1, 0.15) is 25.5 Å². The molecule has 0 aliphatic carbocycles. The number of benzene rings is 1. The highest BCUT2D eigenvalue weighted by atomic mass is 35.5. The van der Waals surface area contributed by atoms with Crippen molar-refractivity contribution in [2.75, 3.05) is 24.8 Å². The number of alkyl halides is 2. The Morgan fingerprint density at radius 1 is 1.03 bits per heavy atom. The minimum absolute atomic E-state index is 0.220. The van der Waals surface area contributed by atoms with E-state index in [1.54, 1.807) is 26.0 Å². The fourth-order valence-corrected chi connectivity index (χ4v) is 6.56. The number of rotatable bonds is 6. The van der Waals surface area contributed by atoms with Gasteiger partial charge in [-0.05, 0) is 31.5 Å². The first-order valence-corrected chi connectivity index (χ1v) is 11.9. The quantitative estimate of drug-likeness (QED) is 0.468. The van der Waals surface area contributed by atoms with E-state index in [1.807, 2.05) is 0 Å². The van der Waals surface area contributed by atoms with Crippen LogP contribution in [0.2, 0.25) is 0 Å². The molecule has 3 fully saturated rings. The SMILES string of the molecule is CC1(C)OC2OC3C(O[P+]([O-])(N(CCCl)CCCl)O[C@@H]3c3ccc(F)cc3)C2O1. The molecule has 6 atom stereocenters. The van der Waals surface area contributed by atoms with Crippen LogP contribution >= 0.6 is 31.3 Å². The van der Waals surface area contributed by atoms with Crippen molar-refractivity contribution in [3.8, 4) is 0 Å². The molecule has 7 nitrogen and oxygen atoms in total. The molecule has 1 aromatic carbocycles. The van der Waals surface area contributed by atoms with Gasteiger partial charge >= 0.3 is 8.09 Å². The minimum Gasteiger partial charge on any atom is -0.616 e. The van der Waals surface area contributed by atoms with Gasteiger partial charge in [0, 0.05) is 11.8 Å². The summed E-state index contributed by atoms with van der Waals surface area (Å²) < 4.78 is 44.7. The van der Waals surface area contributed by atoms with Crippen LogP contribution in [0.5, 0.6) is 0 Å². The molecular weight excluding hydrogens is 447 g/mol. The molecule has 0 bridgehead atoms. The Morgan fingerprint density at radius 3 is 2.31 bits per heavy atom.